The molecule has 4 rings (SSSR count). The van der Waals surface area contributed by atoms with Crippen LogP contribution in [0.25, 0.3) is 0 Å². The molecule has 0 bridgehead atoms. The fourth-order valence-corrected chi connectivity index (χ4v) is 7.02. The van der Waals surface area contributed by atoms with Gasteiger partial charge in [0.1, 0.15) is 5.78 Å². The van der Waals surface area contributed by atoms with Crippen molar-refractivity contribution in [3.05, 3.63) is 0 Å². The Labute approximate surface area is 128 Å². The first-order valence-electron chi connectivity index (χ1n) is 9.15. The van der Waals surface area contributed by atoms with Crippen molar-refractivity contribution in [3.8, 4) is 0 Å². The van der Waals surface area contributed by atoms with Gasteiger partial charge in [0.2, 0.25) is 0 Å². The van der Waals surface area contributed by atoms with Crippen LogP contribution in [-0.4, -0.2) is 17.0 Å². The maximum atomic E-state index is 11.9. The number of carbonyl (C=O) groups excluding carboxylic acids is 1. The number of aliphatic hydroxyl groups excluding tert-OH is 1. The van der Waals surface area contributed by atoms with Crippen LogP contribution in [-0.2, 0) is 4.79 Å². The van der Waals surface area contributed by atoms with E-state index in [-0.39, 0.29) is 11.5 Å². The minimum absolute atomic E-state index is 0.0677. The molecule has 1 N–H and O–H groups in total. The third-order valence-electron chi connectivity index (χ3n) is 8.43. The first kappa shape index (κ1) is 14.2. The summed E-state index contributed by atoms with van der Waals surface area (Å²) in [7, 11) is 0. The van der Waals surface area contributed by atoms with Crippen molar-refractivity contribution in [2.75, 3.05) is 0 Å². The summed E-state index contributed by atoms with van der Waals surface area (Å²) in [5, 5.41) is 10.5. The molecule has 4 fully saturated rings. The third kappa shape index (κ3) is 1.84. The molecule has 0 aliphatic heterocycles. The van der Waals surface area contributed by atoms with Crippen molar-refractivity contribution in [1.29, 1.82) is 0 Å². The molecule has 4 aliphatic carbocycles. The van der Waals surface area contributed by atoms with E-state index in [2.05, 4.69) is 13.8 Å². The molecule has 0 aromatic carbocycles. The lowest BCUT2D eigenvalue weighted by molar-refractivity contribution is -0.141. The number of hydrogen-bond acceptors (Lipinski definition) is 2. The van der Waals surface area contributed by atoms with Gasteiger partial charge in [-0.25, -0.2) is 0 Å². The predicted octanol–water partition coefficient (Wildman–Crippen LogP) is 3.96. The molecule has 2 nitrogen and oxygen atoms in total. The Bertz CT molecular complexity index is 458. The van der Waals surface area contributed by atoms with E-state index in [4.69, 9.17) is 0 Å². The van der Waals surface area contributed by atoms with Crippen LogP contribution in [0.15, 0.2) is 0 Å². The lowest BCUT2D eigenvalue weighted by atomic mass is 9.45. The van der Waals surface area contributed by atoms with E-state index in [0.717, 1.165) is 43.4 Å². The Morgan fingerprint density at radius 3 is 2.52 bits per heavy atom. The second kappa shape index (κ2) is 4.57. The molecule has 21 heavy (non-hydrogen) atoms. The Balaban J connectivity index is 1.64. The van der Waals surface area contributed by atoms with Gasteiger partial charge in [-0.3, -0.25) is 4.79 Å². The second-order valence-corrected chi connectivity index (χ2v) is 9.04. The van der Waals surface area contributed by atoms with Crippen LogP contribution in [0.5, 0.6) is 0 Å². The number of aliphatic hydroxyl groups is 1. The van der Waals surface area contributed by atoms with Gasteiger partial charge < -0.3 is 5.11 Å². The maximum absolute atomic E-state index is 11.9. The number of Topliss-reactive ketones (excluding diaryl/α,β-unsaturated/α-hetero) is 1. The summed E-state index contributed by atoms with van der Waals surface area (Å²) in [6.45, 7) is 4.85. The lowest BCUT2D eigenvalue weighted by Gasteiger charge is -2.60. The molecule has 2 heteroatoms. The van der Waals surface area contributed by atoms with Gasteiger partial charge in [0, 0.05) is 12.8 Å². The van der Waals surface area contributed by atoms with Crippen LogP contribution in [0, 0.1) is 34.5 Å². The van der Waals surface area contributed by atoms with Gasteiger partial charge in [0.15, 0.2) is 0 Å². The van der Waals surface area contributed by atoms with Crippen LogP contribution in [0.3, 0.4) is 0 Å². The van der Waals surface area contributed by atoms with Crippen molar-refractivity contribution in [2.45, 2.75) is 77.7 Å². The normalized spacial score (nSPS) is 56.5. The molecule has 4 saturated carbocycles. The Hall–Kier alpha value is -0.370. The summed E-state index contributed by atoms with van der Waals surface area (Å²) in [5.74, 6) is 3.52. The SMILES string of the molecule is C[C@]12CCC(=O)C[C@@H]1CC[C@H]1[C@H]2CC[C@]2(C)[C@@H](O)CC[C@@H]12. The summed E-state index contributed by atoms with van der Waals surface area (Å²) in [5.41, 5.74) is 0.598. The van der Waals surface area contributed by atoms with Crippen LogP contribution in [0.1, 0.15) is 71.6 Å². The predicted molar refractivity (Wildman–Crippen MR) is 82.7 cm³/mol. The smallest absolute Gasteiger partial charge is 0.133 e. The zero-order chi connectivity index (χ0) is 14.8. The highest BCUT2D eigenvalue weighted by molar-refractivity contribution is 5.79. The Morgan fingerprint density at radius 2 is 1.71 bits per heavy atom. The molecule has 7 atom stereocenters. The number of carbonyl (C=O) groups is 1. The molecule has 0 spiro atoms. The van der Waals surface area contributed by atoms with Crippen molar-refractivity contribution in [2.24, 2.45) is 34.5 Å². The molecule has 0 amide bonds. The average molecular weight is 290 g/mol. The molecular formula is C19H30O2. The third-order valence-corrected chi connectivity index (χ3v) is 8.43. The van der Waals surface area contributed by atoms with E-state index in [1.807, 2.05) is 0 Å². The summed E-state index contributed by atoms with van der Waals surface area (Å²) in [4.78, 5) is 11.9. The molecule has 0 saturated heterocycles. The van der Waals surface area contributed by atoms with E-state index in [1.165, 1.54) is 32.1 Å². The van der Waals surface area contributed by atoms with E-state index >= 15 is 0 Å². The van der Waals surface area contributed by atoms with E-state index in [0.29, 0.717) is 17.1 Å². The fourth-order valence-electron chi connectivity index (χ4n) is 7.02. The topological polar surface area (TPSA) is 37.3 Å². The largest absolute Gasteiger partial charge is 0.393 e. The highest BCUT2D eigenvalue weighted by Gasteiger charge is 2.59. The van der Waals surface area contributed by atoms with Crippen LogP contribution in [0.2, 0.25) is 0 Å². The van der Waals surface area contributed by atoms with Gasteiger partial charge in [-0.2, -0.15) is 0 Å². The van der Waals surface area contributed by atoms with Gasteiger partial charge >= 0.3 is 0 Å². The van der Waals surface area contributed by atoms with Crippen molar-refractivity contribution in [3.63, 3.8) is 0 Å². The monoisotopic (exact) mass is 290 g/mol. The highest BCUT2D eigenvalue weighted by Crippen LogP contribution is 2.65. The average Bonchev–Trinajstić information content (AvgIpc) is 2.76. The Morgan fingerprint density at radius 1 is 0.952 bits per heavy atom. The summed E-state index contributed by atoms with van der Waals surface area (Å²) in [6, 6.07) is 0. The maximum Gasteiger partial charge on any atom is 0.133 e. The molecule has 0 unspecified atom stereocenters. The first-order valence-corrected chi connectivity index (χ1v) is 9.15. The van der Waals surface area contributed by atoms with Crippen molar-refractivity contribution in [1.82, 2.24) is 0 Å². The van der Waals surface area contributed by atoms with Crippen molar-refractivity contribution >= 4 is 5.78 Å². The van der Waals surface area contributed by atoms with Gasteiger partial charge in [0.25, 0.3) is 0 Å². The standard InChI is InChI=1S/C19H30O2/c1-18-9-7-13(20)11-12(18)3-4-14-15-5-6-17(21)19(15,2)10-8-16(14)18/h12,14-17,21H,3-11H2,1-2H3/t12-,14+,15-,16+,17-,18-,19-/m0/s1. The molecular weight excluding hydrogens is 260 g/mol. The first-order chi connectivity index (χ1) is 9.95. The second-order valence-electron chi connectivity index (χ2n) is 9.04. The van der Waals surface area contributed by atoms with Gasteiger partial charge in [-0.05, 0) is 79.4 Å². The summed E-state index contributed by atoms with van der Waals surface area (Å²) >= 11 is 0. The minimum Gasteiger partial charge on any atom is -0.393 e. The molecule has 0 radical (unpaired) electrons. The minimum atomic E-state index is -0.0677. The molecule has 4 aliphatic rings. The van der Waals surface area contributed by atoms with Crippen LogP contribution < -0.4 is 0 Å². The van der Waals surface area contributed by atoms with E-state index in [1.54, 1.807) is 0 Å². The van der Waals surface area contributed by atoms with E-state index in [9.17, 15) is 9.90 Å². The molecule has 0 aromatic rings. The van der Waals surface area contributed by atoms with Crippen molar-refractivity contribution < 1.29 is 9.90 Å². The zero-order valence-corrected chi connectivity index (χ0v) is 13.6. The number of fused-ring (bicyclic) bond motifs is 5. The molecule has 118 valence electrons. The Kier molecular flexibility index (Phi) is 3.10. The highest BCUT2D eigenvalue weighted by atomic mass is 16.3. The quantitative estimate of drug-likeness (QED) is 0.733. The fraction of sp³-hybridized carbons (Fsp3) is 0.947. The van der Waals surface area contributed by atoms with Crippen LogP contribution >= 0.6 is 0 Å². The summed E-state index contributed by atoms with van der Waals surface area (Å²) in [6.07, 6.45) is 10.0. The number of hydrogen-bond donors (Lipinski definition) is 1. The van der Waals surface area contributed by atoms with Gasteiger partial charge in [-0.15, -0.1) is 0 Å². The molecule has 0 aromatic heterocycles. The van der Waals surface area contributed by atoms with Gasteiger partial charge in [-0.1, -0.05) is 13.8 Å². The van der Waals surface area contributed by atoms with E-state index < -0.39 is 0 Å². The lowest BCUT2D eigenvalue weighted by Crippen LogP contribution is -2.54. The number of rotatable bonds is 0. The summed E-state index contributed by atoms with van der Waals surface area (Å²) < 4.78 is 0. The van der Waals surface area contributed by atoms with Gasteiger partial charge in [0.05, 0.1) is 6.10 Å². The number of ketones is 1. The molecule has 0 heterocycles. The van der Waals surface area contributed by atoms with Crippen LogP contribution in [0.4, 0.5) is 0 Å². The zero-order valence-electron chi connectivity index (χ0n) is 13.6.